The molecule has 0 spiro atoms. The predicted octanol–water partition coefficient (Wildman–Crippen LogP) is 1.08. The zero-order valence-corrected chi connectivity index (χ0v) is 7.60. The molecule has 1 fully saturated rings. The number of phenolic OH excluding ortho intramolecular Hbond substituents is 1. The second-order valence-corrected chi connectivity index (χ2v) is 3.45. The smallest absolute Gasteiger partial charge is 0.124 e. The van der Waals surface area contributed by atoms with Gasteiger partial charge < -0.3 is 9.84 Å². The Morgan fingerprint density at radius 3 is 2.46 bits per heavy atom. The number of hydrogen-bond acceptors (Lipinski definition) is 3. The van der Waals surface area contributed by atoms with Gasteiger partial charge in [0.2, 0.25) is 0 Å². The van der Waals surface area contributed by atoms with E-state index in [2.05, 4.69) is 11.9 Å². The van der Waals surface area contributed by atoms with Crippen molar-refractivity contribution in [1.29, 1.82) is 0 Å². The lowest BCUT2D eigenvalue weighted by molar-refractivity contribution is 0.0388. The largest absolute Gasteiger partial charge is 0.508 e. The molecule has 3 heteroatoms. The normalized spacial score (nSPS) is 18.2. The third kappa shape index (κ3) is 1.92. The van der Waals surface area contributed by atoms with E-state index >= 15 is 0 Å². The Morgan fingerprint density at radius 1 is 1.31 bits per heavy atom. The van der Waals surface area contributed by atoms with Crippen LogP contribution in [0.2, 0.25) is 0 Å². The molecule has 0 aromatic heterocycles. The van der Waals surface area contributed by atoms with Crippen molar-refractivity contribution in [2.75, 3.05) is 20.1 Å². The lowest BCUT2D eigenvalue weighted by Gasteiger charge is -2.35. The molecule has 0 aliphatic carbocycles. The minimum Gasteiger partial charge on any atom is -0.508 e. The van der Waals surface area contributed by atoms with E-state index in [1.165, 1.54) is 0 Å². The van der Waals surface area contributed by atoms with E-state index < -0.39 is 0 Å². The van der Waals surface area contributed by atoms with Crippen LogP contribution in [0.15, 0.2) is 24.3 Å². The predicted molar refractivity (Wildman–Crippen MR) is 50.0 cm³/mol. The van der Waals surface area contributed by atoms with Gasteiger partial charge in [0, 0.05) is 13.1 Å². The Hall–Kier alpha value is -1.22. The minimum atomic E-state index is 0.276. The van der Waals surface area contributed by atoms with Gasteiger partial charge in [-0.1, -0.05) is 0 Å². The summed E-state index contributed by atoms with van der Waals surface area (Å²) in [4.78, 5) is 2.20. The van der Waals surface area contributed by atoms with Crippen molar-refractivity contribution in [2.24, 2.45) is 0 Å². The van der Waals surface area contributed by atoms with Gasteiger partial charge >= 0.3 is 0 Å². The van der Waals surface area contributed by atoms with Gasteiger partial charge in [-0.25, -0.2) is 0 Å². The Labute approximate surface area is 77.6 Å². The van der Waals surface area contributed by atoms with Crippen LogP contribution >= 0.6 is 0 Å². The minimum absolute atomic E-state index is 0.276. The molecule has 1 saturated heterocycles. The Balaban J connectivity index is 1.91. The van der Waals surface area contributed by atoms with Gasteiger partial charge in [-0.2, -0.15) is 0 Å². The molecule has 70 valence electrons. The molecule has 0 bridgehead atoms. The number of benzene rings is 1. The molecule has 1 heterocycles. The maximum absolute atomic E-state index is 9.04. The first-order valence-electron chi connectivity index (χ1n) is 4.38. The zero-order chi connectivity index (χ0) is 9.26. The standard InChI is InChI=1S/C10H13NO2/c1-11-6-10(7-11)13-9-4-2-8(12)3-5-9/h2-5,10,12H,6-7H2,1H3. The van der Waals surface area contributed by atoms with E-state index in [-0.39, 0.29) is 5.75 Å². The number of ether oxygens (including phenoxy) is 1. The molecule has 0 amide bonds. The first kappa shape index (κ1) is 8.38. The summed E-state index contributed by atoms with van der Waals surface area (Å²) in [6, 6.07) is 6.84. The molecule has 3 nitrogen and oxygen atoms in total. The van der Waals surface area contributed by atoms with Gasteiger partial charge in [0.15, 0.2) is 0 Å². The highest BCUT2D eigenvalue weighted by atomic mass is 16.5. The van der Waals surface area contributed by atoms with Crippen molar-refractivity contribution in [3.63, 3.8) is 0 Å². The highest BCUT2D eigenvalue weighted by Gasteiger charge is 2.24. The van der Waals surface area contributed by atoms with Gasteiger partial charge in [0.1, 0.15) is 17.6 Å². The van der Waals surface area contributed by atoms with Crippen molar-refractivity contribution < 1.29 is 9.84 Å². The molecule has 0 radical (unpaired) electrons. The molecule has 0 atom stereocenters. The number of hydrogen-bond donors (Lipinski definition) is 1. The Bertz CT molecular complexity index is 277. The van der Waals surface area contributed by atoms with E-state index in [4.69, 9.17) is 9.84 Å². The Morgan fingerprint density at radius 2 is 1.92 bits per heavy atom. The number of aromatic hydroxyl groups is 1. The quantitative estimate of drug-likeness (QED) is 0.737. The van der Waals surface area contributed by atoms with Gasteiger partial charge in [0.25, 0.3) is 0 Å². The summed E-state index contributed by atoms with van der Waals surface area (Å²) in [7, 11) is 2.07. The van der Waals surface area contributed by atoms with Gasteiger partial charge in [-0.3, -0.25) is 4.90 Å². The van der Waals surface area contributed by atoms with Crippen LogP contribution < -0.4 is 4.74 Å². The fourth-order valence-electron chi connectivity index (χ4n) is 1.43. The van der Waals surface area contributed by atoms with E-state index in [0.717, 1.165) is 18.8 Å². The topological polar surface area (TPSA) is 32.7 Å². The first-order valence-corrected chi connectivity index (χ1v) is 4.38. The van der Waals surface area contributed by atoms with Gasteiger partial charge in [0.05, 0.1) is 0 Å². The first-order chi connectivity index (χ1) is 6.24. The van der Waals surface area contributed by atoms with Crippen LogP contribution in [0, 0.1) is 0 Å². The number of phenols is 1. The maximum Gasteiger partial charge on any atom is 0.124 e. The molecule has 13 heavy (non-hydrogen) atoms. The molecular weight excluding hydrogens is 166 g/mol. The van der Waals surface area contributed by atoms with Crippen LogP contribution in [0.3, 0.4) is 0 Å². The summed E-state index contributed by atoms with van der Waals surface area (Å²) in [6.45, 7) is 1.97. The molecule has 1 aromatic carbocycles. The molecule has 1 N–H and O–H groups in total. The van der Waals surface area contributed by atoms with Crippen LogP contribution in [0.5, 0.6) is 11.5 Å². The fourth-order valence-corrected chi connectivity index (χ4v) is 1.43. The monoisotopic (exact) mass is 179 g/mol. The van der Waals surface area contributed by atoms with E-state index in [1.807, 2.05) is 0 Å². The highest BCUT2D eigenvalue weighted by molar-refractivity contribution is 5.30. The molecule has 2 rings (SSSR count). The van der Waals surface area contributed by atoms with Crippen molar-refractivity contribution in [3.8, 4) is 11.5 Å². The molecule has 0 unspecified atom stereocenters. The summed E-state index contributed by atoms with van der Waals surface area (Å²) >= 11 is 0. The highest BCUT2D eigenvalue weighted by Crippen LogP contribution is 2.19. The molecule has 1 aliphatic rings. The molecular formula is C10H13NO2. The second-order valence-electron chi connectivity index (χ2n) is 3.45. The van der Waals surface area contributed by atoms with Gasteiger partial charge in [-0.05, 0) is 31.3 Å². The molecule has 0 saturated carbocycles. The van der Waals surface area contributed by atoms with E-state index in [0.29, 0.717) is 6.10 Å². The van der Waals surface area contributed by atoms with Crippen LogP contribution in [0.4, 0.5) is 0 Å². The number of rotatable bonds is 2. The summed E-state index contributed by atoms with van der Waals surface area (Å²) < 4.78 is 5.62. The van der Waals surface area contributed by atoms with Crippen molar-refractivity contribution in [1.82, 2.24) is 4.90 Å². The number of likely N-dealkylation sites (N-methyl/N-ethyl adjacent to an activating group) is 1. The average molecular weight is 179 g/mol. The van der Waals surface area contributed by atoms with E-state index in [9.17, 15) is 0 Å². The van der Waals surface area contributed by atoms with Crippen LogP contribution in [-0.4, -0.2) is 36.2 Å². The maximum atomic E-state index is 9.04. The third-order valence-electron chi connectivity index (χ3n) is 2.17. The second kappa shape index (κ2) is 3.26. The summed E-state index contributed by atoms with van der Waals surface area (Å²) in [6.07, 6.45) is 0.314. The fraction of sp³-hybridized carbons (Fsp3) is 0.400. The van der Waals surface area contributed by atoms with Crippen molar-refractivity contribution in [3.05, 3.63) is 24.3 Å². The summed E-state index contributed by atoms with van der Waals surface area (Å²) in [5.74, 6) is 1.11. The van der Waals surface area contributed by atoms with Crippen LogP contribution in [-0.2, 0) is 0 Å². The third-order valence-corrected chi connectivity index (χ3v) is 2.17. The lowest BCUT2D eigenvalue weighted by Crippen LogP contribution is -2.51. The number of nitrogens with zero attached hydrogens (tertiary/aromatic N) is 1. The lowest BCUT2D eigenvalue weighted by atomic mass is 10.2. The zero-order valence-electron chi connectivity index (χ0n) is 7.60. The van der Waals surface area contributed by atoms with Crippen molar-refractivity contribution in [2.45, 2.75) is 6.10 Å². The van der Waals surface area contributed by atoms with Crippen molar-refractivity contribution >= 4 is 0 Å². The van der Waals surface area contributed by atoms with Gasteiger partial charge in [-0.15, -0.1) is 0 Å². The number of likely N-dealkylation sites (tertiary alicyclic amines) is 1. The van der Waals surface area contributed by atoms with Crippen LogP contribution in [0.25, 0.3) is 0 Å². The summed E-state index contributed by atoms with van der Waals surface area (Å²) in [5, 5.41) is 9.04. The Kier molecular flexibility index (Phi) is 2.10. The van der Waals surface area contributed by atoms with Crippen LogP contribution in [0.1, 0.15) is 0 Å². The SMILES string of the molecule is CN1CC(Oc2ccc(O)cc2)C1. The molecule has 1 aromatic rings. The van der Waals surface area contributed by atoms with E-state index in [1.54, 1.807) is 24.3 Å². The molecule has 1 aliphatic heterocycles. The summed E-state index contributed by atoms with van der Waals surface area (Å²) in [5.41, 5.74) is 0. The average Bonchev–Trinajstić information content (AvgIpc) is 2.06.